The van der Waals surface area contributed by atoms with Crippen molar-refractivity contribution in [1.82, 2.24) is 0 Å². The molecule has 1 aromatic carbocycles. The van der Waals surface area contributed by atoms with Gasteiger partial charge in [-0.05, 0) is 45.4 Å². The molecule has 0 spiro atoms. The summed E-state index contributed by atoms with van der Waals surface area (Å²) in [6, 6.07) is 2.20. The summed E-state index contributed by atoms with van der Waals surface area (Å²) in [6.45, 7) is 6.45. The van der Waals surface area contributed by atoms with E-state index in [9.17, 15) is 14.4 Å². The van der Waals surface area contributed by atoms with Gasteiger partial charge in [-0.3, -0.25) is 0 Å². The van der Waals surface area contributed by atoms with Crippen LogP contribution in [-0.2, 0) is 4.74 Å². The molecule has 1 aromatic rings. The smallest absolute Gasteiger partial charge is 0.339 e. The second-order valence-electron chi connectivity index (χ2n) is 5.33. The summed E-state index contributed by atoms with van der Waals surface area (Å²) < 4.78 is 5.15. The fraction of sp³-hybridized carbons (Fsp3) is 0.357. The van der Waals surface area contributed by atoms with E-state index in [0.717, 1.165) is 6.07 Å². The lowest BCUT2D eigenvalue weighted by molar-refractivity contribution is 0.00646. The molecular formula is C14H16O6. The highest BCUT2D eigenvalue weighted by Crippen LogP contribution is 2.21. The zero-order valence-electron chi connectivity index (χ0n) is 11.7. The van der Waals surface area contributed by atoms with Gasteiger partial charge in [0.15, 0.2) is 0 Å². The largest absolute Gasteiger partial charge is 0.478 e. The number of aromatic carboxylic acids is 2. The number of benzene rings is 1. The highest BCUT2D eigenvalue weighted by Gasteiger charge is 2.26. The van der Waals surface area contributed by atoms with Crippen molar-refractivity contribution in [2.45, 2.75) is 33.3 Å². The van der Waals surface area contributed by atoms with E-state index in [1.807, 2.05) is 0 Å². The van der Waals surface area contributed by atoms with Crippen molar-refractivity contribution in [3.63, 3.8) is 0 Å². The normalized spacial score (nSPS) is 11.0. The Morgan fingerprint density at radius 3 is 2.00 bits per heavy atom. The molecule has 0 fully saturated rings. The van der Waals surface area contributed by atoms with E-state index < -0.39 is 23.5 Å². The van der Waals surface area contributed by atoms with Gasteiger partial charge in [0.1, 0.15) is 5.60 Å². The Morgan fingerprint density at radius 1 is 1.05 bits per heavy atom. The maximum absolute atomic E-state index is 12.1. The second-order valence-corrected chi connectivity index (χ2v) is 5.33. The predicted molar refractivity (Wildman–Crippen MR) is 70.3 cm³/mol. The molecule has 0 aliphatic rings. The summed E-state index contributed by atoms with van der Waals surface area (Å²) in [4.78, 5) is 34.2. The van der Waals surface area contributed by atoms with Gasteiger partial charge < -0.3 is 14.9 Å². The molecular weight excluding hydrogens is 264 g/mol. The lowest BCUT2D eigenvalue weighted by Gasteiger charge is -2.21. The third kappa shape index (κ3) is 3.57. The fourth-order valence-corrected chi connectivity index (χ4v) is 1.68. The molecule has 0 saturated carbocycles. The van der Waals surface area contributed by atoms with Crippen molar-refractivity contribution in [2.75, 3.05) is 0 Å². The van der Waals surface area contributed by atoms with Crippen molar-refractivity contribution >= 4 is 17.9 Å². The molecule has 108 valence electrons. The molecule has 6 nitrogen and oxygen atoms in total. The maximum atomic E-state index is 12.1. The van der Waals surface area contributed by atoms with Gasteiger partial charge in [-0.25, -0.2) is 14.4 Å². The molecule has 0 aliphatic carbocycles. The zero-order chi connectivity index (χ0) is 15.7. The number of rotatable bonds is 3. The van der Waals surface area contributed by atoms with Crippen LogP contribution < -0.4 is 0 Å². The van der Waals surface area contributed by atoms with Gasteiger partial charge in [0.2, 0.25) is 0 Å². The first kappa shape index (κ1) is 15.7. The van der Waals surface area contributed by atoms with Crippen LogP contribution in [0.2, 0.25) is 0 Å². The number of esters is 1. The number of ether oxygens (including phenoxy) is 1. The molecule has 0 unspecified atom stereocenters. The third-order valence-electron chi connectivity index (χ3n) is 2.42. The topological polar surface area (TPSA) is 101 Å². The Bertz CT molecular complexity index is 580. The van der Waals surface area contributed by atoms with E-state index >= 15 is 0 Å². The summed E-state index contributed by atoms with van der Waals surface area (Å²) in [7, 11) is 0. The molecule has 0 bridgehead atoms. The van der Waals surface area contributed by atoms with Gasteiger partial charge >= 0.3 is 17.9 Å². The summed E-state index contributed by atoms with van der Waals surface area (Å²) in [5.74, 6) is -3.42. The number of carboxylic acid groups (broad SMARTS) is 2. The van der Waals surface area contributed by atoms with E-state index in [1.54, 1.807) is 20.8 Å². The van der Waals surface area contributed by atoms with E-state index in [2.05, 4.69) is 0 Å². The molecule has 2 N–H and O–H groups in total. The van der Waals surface area contributed by atoms with Crippen molar-refractivity contribution < 1.29 is 29.3 Å². The number of hydrogen-bond acceptors (Lipinski definition) is 4. The van der Waals surface area contributed by atoms with Crippen LogP contribution in [0.3, 0.4) is 0 Å². The van der Waals surface area contributed by atoms with Crippen LogP contribution in [0, 0.1) is 6.92 Å². The van der Waals surface area contributed by atoms with E-state index in [4.69, 9.17) is 14.9 Å². The molecule has 20 heavy (non-hydrogen) atoms. The lowest BCUT2D eigenvalue weighted by Crippen LogP contribution is -2.26. The molecule has 0 amide bonds. The number of carbonyl (C=O) groups is 3. The zero-order valence-corrected chi connectivity index (χ0v) is 11.7. The number of aryl methyl sites for hydroxylation is 1. The summed E-state index contributed by atoms with van der Waals surface area (Å²) >= 11 is 0. The van der Waals surface area contributed by atoms with Gasteiger partial charge in [-0.15, -0.1) is 0 Å². The first-order valence-corrected chi connectivity index (χ1v) is 5.87. The molecule has 0 aromatic heterocycles. The Balaban J connectivity index is 3.42. The first-order chi connectivity index (χ1) is 9.03. The molecule has 0 aliphatic heterocycles. The third-order valence-corrected chi connectivity index (χ3v) is 2.42. The molecule has 1 rings (SSSR count). The van der Waals surface area contributed by atoms with E-state index in [1.165, 1.54) is 13.0 Å². The van der Waals surface area contributed by atoms with Crippen molar-refractivity contribution in [3.05, 3.63) is 34.4 Å². The van der Waals surface area contributed by atoms with Crippen LogP contribution >= 0.6 is 0 Å². The second kappa shape index (κ2) is 5.32. The Morgan fingerprint density at radius 2 is 1.60 bits per heavy atom. The highest BCUT2D eigenvalue weighted by atomic mass is 16.6. The van der Waals surface area contributed by atoms with Gasteiger partial charge in [0, 0.05) is 0 Å². The standard InChI is InChI=1S/C14H16O6/c1-7-5-8(11(15)16)6-9(12(17)18)10(7)13(19)20-14(2,3)4/h5-6H,1-4H3,(H,15,16)(H,17,18). The average molecular weight is 280 g/mol. The molecule has 0 heterocycles. The number of carbonyl (C=O) groups excluding carboxylic acids is 1. The van der Waals surface area contributed by atoms with E-state index in [-0.39, 0.29) is 22.3 Å². The highest BCUT2D eigenvalue weighted by molar-refractivity contribution is 6.05. The Kier molecular flexibility index (Phi) is 4.17. The van der Waals surface area contributed by atoms with Crippen LogP contribution in [0.4, 0.5) is 0 Å². The molecule has 6 heteroatoms. The molecule has 0 radical (unpaired) electrons. The van der Waals surface area contributed by atoms with Crippen molar-refractivity contribution in [2.24, 2.45) is 0 Å². The fourth-order valence-electron chi connectivity index (χ4n) is 1.68. The summed E-state index contributed by atoms with van der Waals surface area (Å²) in [6.07, 6.45) is 0. The molecule has 0 atom stereocenters. The first-order valence-electron chi connectivity index (χ1n) is 5.87. The van der Waals surface area contributed by atoms with Gasteiger partial charge in [0.25, 0.3) is 0 Å². The van der Waals surface area contributed by atoms with Gasteiger partial charge in [-0.1, -0.05) is 0 Å². The van der Waals surface area contributed by atoms with Crippen molar-refractivity contribution in [3.8, 4) is 0 Å². The number of carboxylic acids is 2. The average Bonchev–Trinajstić information content (AvgIpc) is 2.24. The monoisotopic (exact) mass is 280 g/mol. The minimum absolute atomic E-state index is 0.127. The van der Waals surface area contributed by atoms with Gasteiger partial charge in [-0.2, -0.15) is 0 Å². The van der Waals surface area contributed by atoms with Crippen LogP contribution in [0.25, 0.3) is 0 Å². The van der Waals surface area contributed by atoms with Crippen LogP contribution in [0.1, 0.15) is 57.4 Å². The minimum atomic E-state index is -1.38. The Hall–Kier alpha value is -2.37. The summed E-state index contributed by atoms with van der Waals surface area (Å²) in [5, 5.41) is 18.1. The maximum Gasteiger partial charge on any atom is 0.339 e. The summed E-state index contributed by atoms with van der Waals surface area (Å²) in [5.41, 5.74) is -1.22. The lowest BCUT2D eigenvalue weighted by atomic mass is 9.98. The quantitative estimate of drug-likeness (QED) is 0.824. The van der Waals surface area contributed by atoms with Gasteiger partial charge in [0.05, 0.1) is 16.7 Å². The van der Waals surface area contributed by atoms with Crippen LogP contribution in [0.5, 0.6) is 0 Å². The van der Waals surface area contributed by atoms with Crippen LogP contribution in [-0.4, -0.2) is 33.7 Å². The SMILES string of the molecule is Cc1cc(C(=O)O)cc(C(=O)O)c1C(=O)OC(C)(C)C. The Labute approximate surface area is 116 Å². The number of hydrogen-bond donors (Lipinski definition) is 2. The van der Waals surface area contributed by atoms with Crippen LogP contribution in [0.15, 0.2) is 12.1 Å². The minimum Gasteiger partial charge on any atom is -0.478 e. The van der Waals surface area contributed by atoms with E-state index in [0.29, 0.717) is 0 Å². The molecule has 0 saturated heterocycles. The predicted octanol–water partition coefficient (Wildman–Crippen LogP) is 2.35. The van der Waals surface area contributed by atoms with Crippen molar-refractivity contribution in [1.29, 1.82) is 0 Å².